The lowest BCUT2D eigenvalue weighted by Crippen LogP contribution is -2.44. The molecule has 2 aromatic heterocycles. The topological polar surface area (TPSA) is 88.5 Å². The smallest absolute Gasteiger partial charge is 0.211 e. The van der Waals surface area contributed by atoms with E-state index in [-0.39, 0.29) is 12.0 Å². The molecule has 5 rings (SSSR count). The fourth-order valence-electron chi connectivity index (χ4n) is 4.62. The van der Waals surface area contributed by atoms with Crippen LogP contribution in [-0.2, 0) is 21.2 Å². The van der Waals surface area contributed by atoms with E-state index in [2.05, 4.69) is 29.0 Å². The Hall–Kier alpha value is -2.36. The molecule has 9 heteroatoms. The number of pyridine rings is 1. The summed E-state index contributed by atoms with van der Waals surface area (Å²) in [5.41, 5.74) is 3.99. The van der Waals surface area contributed by atoms with Crippen molar-refractivity contribution in [3.8, 4) is 11.4 Å². The van der Waals surface area contributed by atoms with Crippen molar-refractivity contribution in [2.24, 2.45) is 0 Å². The molecule has 2 saturated heterocycles. The summed E-state index contributed by atoms with van der Waals surface area (Å²) in [7, 11) is -3.21. The summed E-state index contributed by atoms with van der Waals surface area (Å²) in [5.74, 6) is 1.60. The van der Waals surface area contributed by atoms with Crippen molar-refractivity contribution in [1.82, 2.24) is 19.3 Å². The first-order valence-electron chi connectivity index (χ1n) is 10.7. The van der Waals surface area contributed by atoms with Crippen LogP contribution in [0.25, 0.3) is 17.5 Å². The monoisotopic (exact) mass is 441 g/mol. The van der Waals surface area contributed by atoms with Crippen LogP contribution in [0, 0.1) is 0 Å². The third kappa shape index (κ3) is 3.97. The van der Waals surface area contributed by atoms with Gasteiger partial charge in [-0.25, -0.2) is 22.7 Å². The quantitative estimate of drug-likeness (QED) is 0.718. The van der Waals surface area contributed by atoms with Gasteiger partial charge in [-0.05, 0) is 19.4 Å². The molecular weight excluding hydrogens is 414 g/mol. The summed E-state index contributed by atoms with van der Waals surface area (Å²) in [4.78, 5) is 16.7. The van der Waals surface area contributed by atoms with Crippen LogP contribution in [-0.4, -0.2) is 72.8 Å². The zero-order valence-electron chi connectivity index (χ0n) is 17.9. The van der Waals surface area contributed by atoms with E-state index in [0.29, 0.717) is 32.1 Å². The van der Waals surface area contributed by atoms with Gasteiger partial charge in [0.25, 0.3) is 0 Å². The number of fused-ring (bicyclic) bond motifs is 1. The van der Waals surface area contributed by atoms with E-state index in [1.54, 1.807) is 4.31 Å². The maximum Gasteiger partial charge on any atom is 0.211 e. The molecule has 0 amide bonds. The third-order valence-corrected chi connectivity index (χ3v) is 7.61. The number of hydrogen-bond donors (Lipinski definition) is 0. The summed E-state index contributed by atoms with van der Waals surface area (Å²) in [6.07, 6.45) is 8.87. The van der Waals surface area contributed by atoms with E-state index in [1.807, 2.05) is 18.3 Å². The Kier molecular flexibility index (Phi) is 5.27. The minimum Gasteiger partial charge on any atom is -0.377 e. The van der Waals surface area contributed by atoms with Crippen molar-refractivity contribution in [1.29, 1.82) is 0 Å². The Morgan fingerprint density at radius 1 is 1.23 bits per heavy atom. The van der Waals surface area contributed by atoms with Crippen LogP contribution in [0.15, 0.2) is 24.4 Å². The molecule has 31 heavy (non-hydrogen) atoms. The van der Waals surface area contributed by atoms with Gasteiger partial charge < -0.3 is 9.64 Å². The minimum absolute atomic E-state index is 0.0528. The number of allylic oxidation sites excluding steroid dienone is 1. The van der Waals surface area contributed by atoms with Gasteiger partial charge in [0.05, 0.1) is 36.9 Å². The highest BCUT2D eigenvalue weighted by Crippen LogP contribution is 2.34. The molecule has 2 fully saturated rings. The summed E-state index contributed by atoms with van der Waals surface area (Å²) < 4.78 is 31.2. The second kappa shape index (κ2) is 7.96. The molecule has 0 N–H and O–H groups in total. The van der Waals surface area contributed by atoms with Crippen molar-refractivity contribution in [3.05, 3.63) is 41.4 Å². The highest BCUT2D eigenvalue weighted by Gasteiger charge is 2.32. The van der Waals surface area contributed by atoms with Gasteiger partial charge in [-0.2, -0.15) is 0 Å². The van der Waals surface area contributed by atoms with E-state index in [9.17, 15) is 8.42 Å². The molecule has 3 aliphatic rings. The number of nitrogens with zero attached hydrogens (tertiary/aromatic N) is 5. The van der Waals surface area contributed by atoms with E-state index >= 15 is 0 Å². The van der Waals surface area contributed by atoms with Crippen molar-refractivity contribution in [3.63, 3.8) is 0 Å². The lowest BCUT2D eigenvalue weighted by Gasteiger charge is -2.34. The SMILES string of the molecule is C[C@@H]1COCCN1c1cc([C@H]2CCN(S(C)(=O)=O)C2)nc(-c2ccnc3c2C=CC3)n1. The van der Waals surface area contributed by atoms with Gasteiger partial charge in [0.2, 0.25) is 10.0 Å². The molecule has 0 aromatic carbocycles. The van der Waals surface area contributed by atoms with Crippen LogP contribution in [0.5, 0.6) is 0 Å². The van der Waals surface area contributed by atoms with Gasteiger partial charge in [0, 0.05) is 55.4 Å². The van der Waals surface area contributed by atoms with Crippen molar-refractivity contribution < 1.29 is 13.2 Å². The molecule has 0 unspecified atom stereocenters. The van der Waals surface area contributed by atoms with Crippen LogP contribution >= 0.6 is 0 Å². The van der Waals surface area contributed by atoms with Gasteiger partial charge in [-0.1, -0.05) is 12.2 Å². The summed E-state index contributed by atoms with van der Waals surface area (Å²) in [6.45, 7) is 5.21. The van der Waals surface area contributed by atoms with E-state index in [0.717, 1.165) is 47.7 Å². The van der Waals surface area contributed by atoms with Crippen molar-refractivity contribution in [2.75, 3.05) is 44.0 Å². The Labute approximate surface area is 183 Å². The molecule has 2 atom stereocenters. The van der Waals surface area contributed by atoms with E-state index in [4.69, 9.17) is 14.7 Å². The Morgan fingerprint density at radius 2 is 2.10 bits per heavy atom. The number of ether oxygens (including phenoxy) is 1. The number of aromatic nitrogens is 3. The third-order valence-electron chi connectivity index (χ3n) is 6.34. The number of rotatable bonds is 4. The van der Waals surface area contributed by atoms with E-state index in [1.165, 1.54) is 6.26 Å². The second-order valence-electron chi connectivity index (χ2n) is 8.52. The molecule has 2 aliphatic heterocycles. The lowest BCUT2D eigenvalue weighted by atomic mass is 10.0. The molecule has 4 heterocycles. The molecule has 0 spiro atoms. The van der Waals surface area contributed by atoms with Gasteiger partial charge in [-0.15, -0.1) is 0 Å². The molecule has 2 aromatic rings. The number of sulfonamides is 1. The van der Waals surface area contributed by atoms with Crippen molar-refractivity contribution in [2.45, 2.75) is 31.7 Å². The molecule has 0 radical (unpaired) electrons. The lowest BCUT2D eigenvalue weighted by molar-refractivity contribution is 0.0985. The van der Waals surface area contributed by atoms with Gasteiger partial charge in [-0.3, -0.25) is 4.98 Å². The zero-order chi connectivity index (χ0) is 21.6. The molecule has 1 aliphatic carbocycles. The number of morpholine rings is 1. The first-order valence-corrected chi connectivity index (χ1v) is 12.6. The van der Waals surface area contributed by atoms with Crippen LogP contribution < -0.4 is 4.90 Å². The molecular formula is C22H27N5O3S. The number of hydrogen-bond acceptors (Lipinski definition) is 7. The molecule has 164 valence electrons. The van der Waals surface area contributed by atoms with Gasteiger partial charge in [0.15, 0.2) is 5.82 Å². The Morgan fingerprint density at radius 3 is 2.87 bits per heavy atom. The van der Waals surface area contributed by atoms with E-state index < -0.39 is 10.0 Å². The highest BCUT2D eigenvalue weighted by atomic mass is 32.2. The summed E-state index contributed by atoms with van der Waals surface area (Å²) in [5, 5.41) is 0. The average molecular weight is 442 g/mol. The predicted molar refractivity (Wildman–Crippen MR) is 119 cm³/mol. The van der Waals surface area contributed by atoms with Crippen LogP contribution in [0.1, 0.15) is 36.2 Å². The van der Waals surface area contributed by atoms with Crippen LogP contribution in [0.2, 0.25) is 0 Å². The standard InChI is InChI=1S/C22H27N5O3S/c1-15-14-30-11-10-27(15)21-12-20(16-7-9-26(13-16)31(2,28)29)24-22(25-21)18-6-8-23-19-5-3-4-17(18)19/h3-4,6,8,12,15-16H,5,7,9-11,13-14H2,1-2H3/t15-,16+/m1/s1. The fourth-order valence-corrected chi connectivity index (χ4v) is 5.50. The second-order valence-corrected chi connectivity index (χ2v) is 10.5. The largest absolute Gasteiger partial charge is 0.377 e. The first-order chi connectivity index (χ1) is 14.9. The molecule has 8 nitrogen and oxygen atoms in total. The fraction of sp³-hybridized carbons (Fsp3) is 0.500. The maximum atomic E-state index is 12.0. The minimum atomic E-state index is -3.21. The average Bonchev–Trinajstić information content (AvgIpc) is 3.43. The normalized spacial score (nSPS) is 24.0. The summed E-state index contributed by atoms with van der Waals surface area (Å²) >= 11 is 0. The molecule has 0 saturated carbocycles. The van der Waals surface area contributed by atoms with Crippen LogP contribution in [0.4, 0.5) is 5.82 Å². The van der Waals surface area contributed by atoms with Gasteiger partial charge in [0.1, 0.15) is 5.82 Å². The van der Waals surface area contributed by atoms with Gasteiger partial charge >= 0.3 is 0 Å². The predicted octanol–water partition coefficient (Wildman–Crippen LogP) is 2.08. The highest BCUT2D eigenvalue weighted by molar-refractivity contribution is 7.88. The first kappa shape index (κ1) is 20.5. The maximum absolute atomic E-state index is 12.0. The van der Waals surface area contributed by atoms with Crippen molar-refractivity contribution >= 4 is 21.9 Å². The zero-order valence-corrected chi connectivity index (χ0v) is 18.7. The Bertz CT molecular complexity index is 1130. The number of anilines is 1. The van der Waals surface area contributed by atoms with Crippen LogP contribution in [0.3, 0.4) is 0 Å². The molecule has 0 bridgehead atoms. The summed E-state index contributed by atoms with van der Waals surface area (Å²) in [6, 6.07) is 4.22. The Balaban J connectivity index is 1.58.